The van der Waals surface area contributed by atoms with Crippen LogP contribution in [0.1, 0.15) is 5.56 Å². The van der Waals surface area contributed by atoms with Gasteiger partial charge in [-0.15, -0.1) is 0 Å². The summed E-state index contributed by atoms with van der Waals surface area (Å²) < 4.78 is 5.66. The van der Waals surface area contributed by atoms with Crippen LogP contribution in [-0.2, 0) is 0 Å². The van der Waals surface area contributed by atoms with Crippen molar-refractivity contribution in [1.82, 2.24) is 4.90 Å². The first kappa shape index (κ1) is 19.5. The number of rotatable bonds is 10. The summed E-state index contributed by atoms with van der Waals surface area (Å²) in [6, 6.07) is 16.2. The Morgan fingerprint density at radius 2 is 1.38 bits per heavy atom. The van der Waals surface area contributed by atoms with Crippen LogP contribution in [0.5, 0.6) is 5.75 Å². The average Bonchev–Trinajstić information content (AvgIpc) is 2.68. The molecule has 2 aromatic carbocycles. The molecule has 0 radical (unpaired) electrons. The Bertz CT molecular complexity index is 718. The van der Waals surface area contributed by atoms with E-state index < -0.39 is 0 Å². The van der Waals surface area contributed by atoms with Gasteiger partial charge in [-0.2, -0.15) is 15.5 Å². The number of aliphatic hydroxyl groups excluding tert-OH is 2. The molecule has 0 amide bonds. The Balaban J connectivity index is 1.83. The second-order valence-electron chi connectivity index (χ2n) is 5.49. The van der Waals surface area contributed by atoms with Gasteiger partial charge in [0.25, 0.3) is 0 Å². The van der Waals surface area contributed by atoms with Crippen LogP contribution < -0.4 is 4.74 Å². The summed E-state index contributed by atoms with van der Waals surface area (Å²) in [6.45, 7) is 2.22. The molecule has 0 aromatic heterocycles. The van der Waals surface area contributed by atoms with Gasteiger partial charge in [0.1, 0.15) is 12.4 Å². The van der Waals surface area contributed by atoms with Crippen LogP contribution >= 0.6 is 0 Å². The van der Waals surface area contributed by atoms with E-state index in [4.69, 9.17) is 20.2 Å². The van der Waals surface area contributed by atoms with Crippen molar-refractivity contribution in [3.8, 4) is 11.8 Å². The Hall–Kier alpha value is -2.79. The molecule has 26 heavy (non-hydrogen) atoms. The average molecular weight is 354 g/mol. The standard InChI is InChI=1S/C19H22N4O3/c20-15-16-1-3-17(4-2-16)21-22-18-5-7-19(8-6-18)26-14-11-23(9-12-24)10-13-25/h1-8,24-25H,9-14H2. The van der Waals surface area contributed by atoms with Crippen molar-refractivity contribution in [2.45, 2.75) is 0 Å². The molecule has 2 N–H and O–H groups in total. The smallest absolute Gasteiger partial charge is 0.119 e. The number of aliphatic hydroxyl groups is 2. The van der Waals surface area contributed by atoms with Crippen molar-refractivity contribution in [2.24, 2.45) is 10.2 Å². The van der Waals surface area contributed by atoms with E-state index in [1.54, 1.807) is 24.3 Å². The molecule has 0 unspecified atom stereocenters. The largest absolute Gasteiger partial charge is 0.492 e. The molecule has 0 aliphatic carbocycles. The molecule has 2 rings (SSSR count). The van der Waals surface area contributed by atoms with Crippen molar-refractivity contribution < 1.29 is 14.9 Å². The summed E-state index contributed by atoms with van der Waals surface area (Å²) in [5, 5.41) is 35.0. The van der Waals surface area contributed by atoms with E-state index in [0.29, 0.717) is 43.2 Å². The fourth-order valence-electron chi connectivity index (χ4n) is 2.24. The third kappa shape index (κ3) is 6.61. The number of nitrogens with zero attached hydrogens (tertiary/aromatic N) is 4. The van der Waals surface area contributed by atoms with Crippen LogP contribution in [0.3, 0.4) is 0 Å². The number of ether oxygens (including phenoxy) is 1. The molecule has 136 valence electrons. The minimum absolute atomic E-state index is 0.0545. The van der Waals surface area contributed by atoms with Crippen molar-refractivity contribution in [3.63, 3.8) is 0 Å². The lowest BCUT2D eigenvalue weighted by atomic mass is 10.2. The molecule has 0 bridgehead atoms. The molecule has 0 atom stereocenters. The molecule has 0 aliphatic heterocycles. The highest BCUT2D eigenvalue weighted by molar-refractivity contribution is 5.44. The number of nitriles is 1. The van der Waals surface area contributed by atoms with Crippen molar-refractivity contribution in [3.05, 3.63) is 54.1 Å². The maximum Gasteiger partial charge on any atom is 0.119 e. The molecule has 0 fully saturated rings. The van der Waals surface area contributed by atoms with Gasteiger partial charge in [0, 0.05) is 19.6 Å². The molecular formula is C19H22N4O3. The fraction of sp³-hybridized carbons (Fsp3) is 0.316. The maximum absolute atomic E-state index is 8.97. The van der Waals surface area contributed by atoms with Crippen molar-refractivity contribution in [2.75, 3.05) is 39.5 Å². The van der Waals surface area contributed by atoms with E-state index in [1.165, 1.54) is 0 Å². The third-order valence-electron chi connectivity index (χ3n) is 3.62. The van der Waals surface area contributed by atoms with E-state index in [0.717, 1.165) is 5.75 Å². The summed E-state index contributed by atoms with van der Waals surface area (Å²) in [5.41, 5.74) is 1.96. The maximum atomic E-state index is 8.97. The summed E-state index contributed by atoms with van der Waals surface area (Å²) in [7, 11) is 0. The highest BCUT2D eigenvalue weighted by atomic mass is 16.5. The molecule has 0 spiro atoms. The molecular weight excluding hydrogens is 332 g/mol. The Morgan fingerprint density at radius 1 is 0.846 bits per heavy atom. The SMILES string of the molecule is N#Cc1ccc(N=Nc2ccc(OCCN(CCO)CCO)cc2)cc1. The lowest BCUT2D eigenvalue weighted by molar-refractivity contribution is 0.141. The minimum atomic E-state index is 0.0545. The quantitative estimate of drug-likeness (QED) is 0.639. The van der Waals surface area contributed by atoms with Gasteiger partial charge in [0.2, 0.25) is 0 Å². The first-order chi connectivity index (χ1) is 12.7. The molecule has 0 saturated carbocycles. The zero-order chi connectivity index (χ0) is 18.6. The normalized spacial score (nSPS) is 11.0. The Morgan fingerprint density at radius 3 is 1.88 bits per heavy atom. The number of azo groups is 1. The zero-order valence-electron chi connectivity index (χ0n) is 14.5. The number of benzene rings is 2. The fourth-order valence-corrected chi connectivity index (χ4v) is 2.24. The van der Waals surface area contributed by atoms with Crippen molar-refractivity contribution >= 4 is 11.4 Å². The van der Waals surface area contributed by atoms with Gasteiger partial charge in [-0.1, -0.05) is 0 Å². The van der Waals surface area contributed by atoms with Crippen LogP contribution in [0, 0.1) is 11.3 Å². The molecule has 2 aromatic rings. The van der Waals surface area contributed by atoms with Gasteiger partial charge in [-0.05, 0) is 48.5 Å². The van der Waals surface area contributed by atoms with Crippen LogP contribution in [0.2, 0.25) is 0 Å². The van der Waals surface area contributed by atoms with E-state index in [-0.39, 0.29) is 13.2 Å². The van der Waals surface area contributed by atoms with Gasteiger partial charge < -0.3 is 14.9 Å². The number of hydrogen-bond donors (Lipinski definition) is 2. The zero-order valence-corrected chi connectivity index (χ0v) is 14.5. The van der Waals surface area contributed by atoms with E-state index in [9.17, 15) is 0 Å². The first-order valence-corrected chi connectivity index (χ1v) is 8.34. The summed E-state index contributed by atoms with van der Waals surface area (Å²) in [5.74, 6) is 0.718. The van der Waals surface area contributed by atoms with Crippen LogP contribution in [-0.4, -0.2) is 54.6 Å². The van der Waals surface area contributed by atoms with Gasteiger partial charge in [-0.25, -0.2) is 0 Å². The number of hydrogen-bond acceptors (Lipinski definition) is 7. The van der Waals surface area contributed by atoms with Gasteiger partial charge in [0.05, 0.1) is 36.2 Å². The Kier molecular flexibility index (Phi) is 8.23. The van der Waals surface area contributed by atoms with E-state index in [1.807, 2.05) is 29.2 Å². The topological polar surface area (TPSA) is 101 Å². The predicted octanol–water partition coefficient (Wildman–Crippen LogP) is 2.64. The van der Waals surface area contributed by atoms with Crippen LogP contribution in [0.25, 0.3) is 0 Å². The monoisotopic (exact) mass is 354 g/mol. The summed E-state index contributed by atoms with van der Waals surface area (Å²) in [4.78, 5) is 1.93. The van der Waals surface area contributed by atoms with Crippen LogP contribution in [0.15, 0.2) is 58.8 Å². The third-order valence-corrected chi connectivity index (χ3v) is 3.62. The first-order valence-electron chi connectivity index (χ1n) is 8.34. The molecule has 0 heterocycles. The lowest BCUT2D eigenvalue weighted by Gasteiger charge is -2.20. The summed E-state index contributed by atoms with van der Waals surface area (Å²) in [6.07, 6.45) is 0. The van der Waals surface area contributed by atoms with Gasteiger partial charge in [0.15, 0.2) is 0 Å². The minimum Gasteiger partial charge on any atom is -0.492 e. The molecule has 7 nitrogen and oxygen atoms in total. The molecule has 7 heteroatoms. The van der Waals surface area contributed by atoms with E-state index >= 15 is 0 Å². The Labute approximate surface area is 152 Å². The van der Waals surface area contributed by atoms with E-state index in [2.05, 4.69) is 16.3 Å². The second-order valence-corrected chi connectivity index (χ2v) is 5.49. The van der Waals surface area contributed by atoms with Crippen LogP contribution in [0.4, 0.5) is 11.4 Å². The summed E-state index contributed by atoms with van der Waals surface area (Å²) >= 11 is 0. The highest BCUT2D eigenvalue weighted by Gasteiger charge is 2.03. The predicted molar refractivity (Wildman–Crippen MR) is 97.9 cm³/mol. The molecule has 0 saturated heterocycles. The van der Waals surface area contributed by atoms with Crippen molar-refractivity contribution in [1.29, 1.82) is 5.26 Å². The highest BCUT2D eigenvalue weighted by Crippen LogP contribution is 2.21. The van der Waals surface area contributed by atoms with Gasteiger partial charge in [-0.3, -0.25) is 4.90 Å². The lowest BCUT2D eigenvalue weighted by Crippen LogP contribution is -2.33. The second kappa shape index (κ2) is 10.9. The molecule has 0 aliphatic rings. The van der Waals surface area contributed by atoms with Gasteiger partial charge >= 0.3 is 0 Å².